The summed E-state index contributed by atoms with van der Waals surface area (Å²) in [6.07, 6.45) is 0. The molecule has 0 aliphatic heterocycles. The van der Waals surface area contributed by atoms with E-state index in [1.807, 2.05) is 0 Å². The molecule has 33 heavy (non-hydrogen) atoms. The Bertz CT molecular complexity index is 1290. The fraction of sp³-hybridized carbons (Fsp3) is 0.261. The van der Waals surface area contributed by atoms with E-state index in [0.717, 1.165) is 22.8 Å². The molecule has 0 bridgehead atoms. The number of phenolic OH excluding ortho intramolecular Hbond substituents is 1. The van der Waals surface area contributed by atoms with Crippen molar-refractivity contribution in [1.82, 2.24) is 9.88 Å². The number of halogens is 3. The van der Waals surface area contributed by atoms with E-state index >= 15 is 4.39 Å². The van der Waals surface area contributed by atoms with Crippen molar-refractivity contribution in [2.24, 2.45) is 5.92 Å². The van der Waals surface area contributed by atoms with Crippen LogP contribution in [0.2, 0.25) is 0 Å². The number of amides is 1. The molecule has 2 atom stereocenters. The number of carboxylic acid groups (broad SMARTS) is 1. The van der Waals surface area contributed by atoms with Gasteiger partial charge in [0, 0.05) is 29.3 Å². The van der Waals surface area contributed by atoms with Crippen LogP contribution in [0.25, 0.3) is 10.9 Å². The number of aromatic hydroxyl groups is 1. The summed E-state index contributed by atoms with van der Waals surface area (Å²) in [4.78, 5) is 36.9. The van der Waals surface area contributed by atoms with E-state index in [-0.39, 0.29) is 34.3 Å². The van der Waals surface area contributed by atoms with Crippen molar-refractivity contribution in [3.8, 4) is 5.75 Å². The molecule has 10 heteroatoms. The number of carboxylic acids is 1. The smallest absolute Gasteiger partial charge is 0.308 e. The number of aromatic nitrogens is 1. The molecule has 2 aromatic carbocycles. The summed E-state index contributed by atoms with van der Waals surface area (Å²) in [7, 11) is 0. The SMILES string of the molecule is Cc1c([C@H](C)C(=O)NCC(C)C(=O)O)c2c(F)c(O)c(F)cc2n1C(=O)c1cccc(F)c1. The summed E-state index contributed by atoms with van der Waals surface area (Å²) >= 11 is 0. The zero-order valence-corrected chi connectivity index (χ0v) is 17.9. The lowest BCUT2D eigenvalue weighted by atomic mass is 9.96. The van der Waals surface area contributed by atoms with Crippen LogP contribution in [-0.4, -0.2) is 39.1 Å². The van der Waals surface area contributed by atoms with Gasteiger partial charge in [0.15, 0.2) is 17.4 Å². The van der Waals surface area contributed by atoms with Gasteiger partial charge in [0.1, 0.15) is 5.82 Å². The number of hydrogen-bond acceptors (Lipinski definition) is 4. The third kappa shape index (κ3) is 4.28. The van der Waals surface area contributed by atoms with Gasteiger partial charge in [-0.1, -0.05) is 13.0 Å². The van der Waals surface area contributed by atoms with Crippen molar-refractivity contribution in [3.05, 3.63) is 64.6 Å². The molecule has 1 aromatic heterocycles. The van der Waals surface area contributed by atoms with Crippen molar-refractivity contribution in [1.29, 1.82) is 0 Å². The molecule has 0 radical (unpaired) electrons. The maximum absolute atomic E-state index is 15.0. The number of aliphatic carboxylic acids is 1. The van der Waals surface area contributed by atoms with Crippen molar-refractivity contribution in [2.45, 2.75) is 26.7 Å². The first-order chi connectivity index (χ1) is 15.5. The van der Waals surface area contributed by atoms with Gasteiger partial charge >= 0.3 is 5.97 Å². The minimum Gasteiger partial charge on any atom is -0.503 e. The molecular formula is C23H21F3N2O5. The van der Waals surface area contributed by atoms with Crippen molar-refractivity contribution < 1.29 is 37.8 Å². The predicted octanol–water partition coefficient (Wildman–Crippen LogP) is 3.70. The highest BCUT2D eigenvalue weighted by molar-refractivity contribution is 6.05. The molecule has 7 nitrogen and oxygen atoms in total. The van der Waals surface area contributed by atoms with Gasteiger partial charge in [0.25, 0.3) is 5.91 Å². The maximum Gasteiger partial charge on any atom is 0.308 e. The van der Waals surface area contributed by atoms with Crippen molar-refractivity contribution >= 4 is 28.7 Å². The van der Waals surface area contributed by atoms with Crippen LogP contribution in [0.5, 0.6) is 5.75 Å². The number of carbonyl (C=O) groups is 3. The van der Waals surface area contributed by atoms with E-state index in [2.05, 4.69) is 5.32 Å². The van der Waals surface area contributed by atoms with Crippen LogP contribution < -0.4 is 5.32 Å². The van der Waals surface area contributed by atoms with Crippen LogP contribution in [-0.2, 0) is 9.59 Å². The third-order valence-electron chi connectivity index (χ3n) is 5.51. The topological polar surface area (TPSA) is 109 Å². The quantitative estimate of drug-likeness (QED) is 0.518. The van der Waals surface area contributed by atoms with Crippen molar-refractivity contribution in [3.63, 3.8) is 0 Å². The Kier molecular flexibility index (Phi) is 6.48. The Hall–Kier alpha value is -3.82. The second-order valence-electron chi connectivity index (χ2n) is 7.77. The Morgan fingerprint density at radius 1 is 1.12 bits per heavy atom. The Balaban J connectivity index is 2.18. The zero-order valence-electron chi connectivity index (χ0n) is 17.9. The molecule has 0 aliphatic carbocycles. The number of phenols is 1. The summed E-state index contributed by atoms with van der Waals surface area (Å²) < 4.78 is 43.8. The molecule has 0 saturated heterocycles. The minimum atomic E-state index is -1.35. The largest absolute Gasteiger partial charge is 0.503 e. The first kappa shape index (κ1) is 23.8. The van der Waals surface area contributed by atoms with Crippen LogP contribution >= 0.6 is 0 Å². The van der Waals surface area contributed by atoms with Crippen LogP contribution in [0, 0.1) is 30.3 Å². The van der Waals surface area contributed by atoms with Gasteiger partial charge < -0.3 is 15.5 Å². The maximum atomic E-state index is 15.0. The monoisotopic (exact) mass is 462 g/mol. The molecule has 3 aromatic rings. The van der Waals surface area contributed by atoms with E-state index in [1.165, 1.54) is 32.9 Å². The van der Waals surface area contributed by atoms with Crippen LogP contribution in [0.15, 0.2) is 30.3 Å². The number of nitrogens with one attached hydrogen (secondary N) is 1. The van der Waals surface area contributed by atoms with E-state index in [1.54, 1.807) is 0 Å². The molecule has 1 amide bonds. The predicted molar refractivity (Wildman–Crippen MR) is 113 cm³/mol. The second kappa shape index (κ2) is 8.97. The second-order valence-corrected chi connectivity index (χ2v) is 7.77. The summed E-state index contributed by atoms with van der Waals surface area (Å²) in [5.74, 6) is -9.19. The Morgan fingerprint density at radius 2 is 1.79 bits per heavy atom. The average molecular weight is 462 g/mol. The summed E-state index contributed by atoms with van der Waals surface area (Å²) in [5.41, 5.74) is -0.258. The Labute approximate surface area is 186 Å². The highest BCUT2D eigenvalue weighted by Crippen LogP contribution is 2.38. The summed E-state index contributed by atoms with van der Waals surface area (Å²) in [5, 5.41) is 20.9. The fourth-order valence-corrected chi connectivity index (χ4v) is 3.68. The first-order valence-corrected chi connectivity index (χ1v) is 9.98. The number of hydrogen-bond donors (Lipinski definition) is 3. The van der Waals surface area contributed by atoms with Gasteiger partial charge in [0.2, 0.25) is 5.91 Å². The Morgan fingerprint density at radius 3 is 2.39 bits per heavy atom. The van der Waals surface area contributed by atoms with Gasteiger partial charge in [-0.2, -0.15) is 0 Å². The highest BCUT2D eigenvalue weighted by atomic mass is 19.1. The third-order valence-corrected chi connectivity index (χ3v) is 5.51. The lowest BCUT2D eigenvalue weighted by Crippen LogP contribution is -2.34. The van der Waals surface area contributed by atoms with Crippen LogP contribution in [0.4, 0.5) is 13.2 Å². The molecule has 0 aliphatic rings. The standard InChI is InChI=1S/C23H21F3N2O5/c1-10(23(32)33)9-27-21(30)11(2)17-12(3)28(22(31)13-5-4-6-14(24)7-13)16-8-15(25)20(29)19(26)18(16)17/h4-8,10-11,29H,9H2,1-3H3,(H,27,30)(H,32,33)/t10?,11-/m0/s1. The van der Waals surface area contributed by atoms with E-state index in [4.69, 9.17) is 5.11 Å². The molecule has 0 fully saturated rings. The van der Waals surface area contributed by atoms with Gasteiger partial charge in [-0.15, -0.1) is 0 Å². The highest BCUT2D eigenvalue weighted by Gasteiger charge is 2.31. The van der Waals surface area contributed by atoms with Gasteiger partial charge in [-0.25, -0.2) is 13.2 Å². The molecule has 0 saturated carbocycles. The normalized spacial score (nSPS) is 13.0. The molecule has 3 rings (SSSR count). The number of rotatable bonds is 6. The van der Waals surface area contributed by atoms with Crippen molar-refractivity contribution in [2.75, 3.05) is 6.54 Å². The summed E-state index contributed by atoms with van der Waals surface area (Å²) in [6.45, 7) is 4.01. The molecule has 0 spiro atoms. The molecule has 1 heterocycles. The van der Waals surface area contributed by atoms with Crippen LogP contribution in [0.3, 0.4) is 0 Å². The fourth-order valence-electron chi connectivity index (χ4n) is 3.68. The first-order valence-electron chi connectivity index (χ1n) is 9.98. The molecule has 3 N–H and O–H groups in total. The van der Waals surface area contributed by atoms with Gasteiger partial charge in [-0.05, 0) is 37.6 Å². The minimum absolute atomic E-state index is 0.00281. The number of nitrogens with zero attached hydrogens (tertiary/aromatic N) is 1. The van der Waals surface area contributed by atoms with Gasteiger partial charge in [-0.3, -0.25) is 19.0 Å². The lowest BCUT2D eigenvalue weighted by molar-refractivity contribution is -0.141. The van der Waals surface area contributed by atoms with Gasteiger partial charge in [0.05, 0.1) is 17.4 Å². The van der Waals surface area contributed by atoms with E-state index in [9.17, 15) is 28.3 Å². The number of carbonyl (C=O) groups excluding carboxylic acids is 2. The number of benzene rings is 2. The van der Waals surface area contributed by atoms with Crippen LogP contribution in [0.1, 0.15) is 41.4 Å². The molecular weight excluding hydrogens is 441 g/mol. The van der Waals surface area contributed by atoms with E-state index < -0.39 is 52.8 Å². The molecule has 174 valence electrons. The van der Waals surface area contributed by atoms with E-state index in [0.29, 0.717) is 0 Å². The molecule has 1 unspecified atom stereocenters. The zero-order chi connectivity index (χ0) is 24.6. The lowest BCUT2D eigenvalue weighted by Gasteiger charge is -2.15. The summed E-state index contributed by atoms with van der Waals surface area (Å²) in [6, 6.07) is 5.48. The number of fused-ring (bicyclic) bond motifs is 1. The average Bonchev–Trinajstić information content (AvgIpc) is 3.06.